The maximum absolute atomic E-state index is 5.43. The smallest absolute Gasteiger partial charge is 0.156 e. The van der Waals surface area contributed by atoms with Gasteiger partial charge in [-0.2, -0.15) is 5.10 Å². The molecular weight excluding hydrogens is 318 g/mol. The SMILES string of the molecule is COc1ccc2c(c1)Cc1c(Nc3cc(OC)ccc3OC)n[nH]c1-2. The Labute approximate surface area is 145 Å². The Balaban J connectivity index is 1.69. The lowest BCUT2D eigenvalue weighted by molar-refractivity contribution is 0.405. The maximum Gasteiger partial charge on any atom is 0.156 e. The van der Waals surface area contributed by atoms with E-state index in [2.05, 4.69) is 27.6 Å². The minimum atomic E-state index is 0.731. The number of aromatic nitrogens is 2. The van der Waals surface area contributed by atoms with Gasteiger partial charge < -0.3 is 19.5 Å². The lowest BCUT2D eigenvalue weighted by Gasteiger charge is -2.11. The molecule has 1 aliphatic rings. The second-order valence-corrected chi connectivity index (χ2v) is 5.82. The number of fused-ring (bicyclic) bond motifs is 3. The molecule has 0 amide bonds. The molecule has 0 saturated heterocycles. The molecule has 0 spiro atoms. The van der Waals surface area contributed by atoms with Crippen LogP contribution in [0.15, 0.2) is 36.4 Å². The summed E-state index contributed by atoms with van der Waals surface area (Å²) in [5.74, 6) is 3.13. The van der Waals surface area contributed by atoms with Crippen LogP contribution in [0.3, 0.4) is 0 Å². The molecule has 6 nitrogen and oxygen atoms in total. The van der Waals surface area contributed by atoms with Gasteiger partial charge in [-0.3, -0.25) is 5.10 Å². The van der Waals surface area contributed by atoms with E-state index in [9.17, 15) is 0 Å². The molecule has 0 bridgehead atoms. The van der Waals surface area contributed by atoms with Crippen molar-refractivity contribution in [1.82, 2.24) is 10.2 Å². The summed E-state index contributed by atoms with van der Waals surface area (Å²) in [6.45, 7) is 0. The quantitative estimate of drug-likeness (QED) is 0.580. The lowest BCUT2D eigenvalue weighted by Crippen LogP contribution is -1.98. The summed E-state index contributed by atoms with van der Waals surface area (Å²) < 4.78 is 16.1. The van der Waals surface area contributed by atoms with E-state index in [0.29, 0.717) is 0 Å². The Kier molecular flexibility index (Phi) is 3.72. The van der Waals surface area contributed by atoms with E-state index >= 15 is 0 Å². The highest BCUT2D eigenvalue weighted by atomic mass is 16.5. The number of rotatable bonds is 5. The van der Waals surface area contributed by atoms with Gasteiger partial charge in [0, 0.05) is 23.6 Å². The molecule has 1 aliphatic carbocycles. The molecule has 25 heavy (non-hydrogen) atoms. The minimum Gasteiger partial charge on any atom is -0.497 e. The van der Waals surface area contributed by atoms with Crippen molar-refractivity contribution in [1.29, 1.82) is 0 Å². The van der Waals surface area contributed by atoms with Crippen LogP contribution in [0.25, 0.3) is 11.3 Å². The number of methoxy groups -OCH3 is 3. The van der Waals surface area contributed by atoms with Gasteiger partial charge in [0.25, 0.3) is 0 Å². The lowest BCUT2D eigenvalue weighted by atomic mass is 10.1. The van der Waals surface area contributed by atoms with Crippen LogP contribution in [0.4, 0.5) is 11.5 Å². The molecule has 6 heteroatoms. The molecular formula is C19H19N3O3. The topological polar surface area (TPSA) is 68.4 Å². The van der Waals surface area contributed by atoms with Crippen molar-refractivity contribution in [2.24, 2.45) is 0 Å². The average Bonchev–Trinajstić information content (AvgIpc) is 3.20. The van der Waals surface area contributed by atoms with Gasteiger partial charge in [0.1, 0.15) is 17.2 Å². The van der Waals surface area contributed by atoms with Crippen LogP contribution in [-0.2, 0) is 6.42 Å². The average molecular weight is 337 g/mol. The van der Waals surface area contributed by atoms with Crippen LogP contribution in [-0.4, -0.2) is 31.5 Å². The summed E-state index contributed by atoms with van der Waals surface area (Å²) in [5.41, 5.74) is 5.37. The van der Waals surface area contributed by atoms with E-state index in [1.807, 2.05) is 24.3 Å². The van der Waals surface area contributed by atoms with Gasteiger partial charge in [0.15, 0.2) is 5.82 Å². The number of aromatic amines is 1. The number of ether oxygens (including phenoxy) is 3. The van der Waals surface area contributed by atoms with Crippen molar-refractivity contribution in [3.05, 3.63) is 47.5 Å². The first kappa shape index (κ1) is 15.4. The molecule has 1 heterocycles. The third kappa shape index (κ3) is 2.55. The fourth-order valence-corrected chi connectivity index (χ4v) is 3.18. The van der Waals surface area contributed by atoms with Crippen LogP contribution in [0, 0.1) is 0 Å². The molecule has 0 aliphatic heterocycles. The highest BCUT2D eigenvalue weighted by Gasteiger charge is 2.25. The summed E-state index contributed by atoms with van der Waals surface area (Å²) in [4.78, 5) is 0. The zero-order chi connectivity index (χ0) is 17.4. The van der Waals surface area contributed by atoms with E-state index in [4.69, 9.17) is 14.2 Å². The fourth-order valence-electron chi connectivity index (χ4n) is 3.18. The number of anilines is 2. The molecule has 0 atom stereocenters. The van der Waals surface area contributed by atoms with Gasteiger partial charge in [0.05, 0.1) is 32.7 Å². The first-order valence-electron chi connectivity index (χ1n) is 7.97. The van der Waals surface area contributed by atoms with E-state index in [0.717, 1.165) is 52.0 Å². The van der Waals surface area contributed by atoms with Gasteiger partial charge in [-0.1, -0.05) is 0 Å². The minimum absolute atomic E-state index is 0.731. The van der Waals surface area contributed by atoms with E-state index in [-0.39, 0.29) is 0 Å². The number of nitrogens with one attached hydrogen (secondary N) is 2. The molecule has 0 radical (unpaired) electrons. The zero-order valence-electron chi connectivity index (χ0n) is 14.3. The Bertz CT molecular complexity index is 934. The van der Waals surface area contributed by atoms with Crippen LogP contribution in [0.2, 0.25) is 0 Å². The summed E-state index contributed by atoms with van der Waals surface area (Å²) in [6.07, 6.45) is 0.799. The summed E-state index contributed by atoms with van der Waals surface area (Å²) in [6, 6.07) is 11.7. The van der Waals surface area contributed by atoms with Gasteiger partial charge >= 0.3 is 0 Å². The molecule has 1 aromatic heterocycles. The van der Waals surface area contributed by atoms with E-state index < -0.39 is 0 Å². The summed E-state index contributed by atoms with van der Waals surface area (Å²) in [7, 11) is 4.96. The Morgan fingerprint density at radius 2 is 1.72 bits per heavy atom. The predicted molar refractivity (Wildman–Crippen MR) is 96.2 cm³/mol. The molecule has 0 saturated carbocycles. The summed E-state index contributed by atoms with van der Waals surface area (Å²) in [5, 5.41) is 10.9. The van der Waals surface area contributed by atoms with Gasteiger partial charge in [0.2, 0.25) is 0 Å². The third-order valence-electron chi connectivity index (χ3n) is 4.48. The van der Waals surface area contributed by atoms with Crippen molar-refractivity contribution in [2.45, 2.75) is 6.42 Å². The van der Waals surface area contributed by atoms with Crippen LogP contribution in [0.1, 0.15) is 11.1 Å². The molecule has 2 N–H and O–H groups in total. The van der Waals surface area contributed by atoms with Crippen molar-refractivity contribution < 1.29 is 14.2 Å². The van der Waals surface area contributed by atoms with E-state index in [1.54, 1.807) is 21.3 Å². The number of benzene rings is 2. The summed E-state index contributed by atoms with van der Waals surface area (Å²) >= 11 is 0. The molecule has 0 fully saturated rings. The Morgan fingerprint density at radius 1 is 0.960 bits per heavy atom. The number of nitrogens with zero attached hydrogens (tertiary/aromatic N) is 1. The van der Waals surface area contributed by atoms with Crippen molar-refractivity contribution in [3.63, 3.8) is 0 Å². The largest absolute Gasteiger partial charge is 0.497 e. The normalized spacial score (nSPS) is 11.6. The van der Waals surface area contributed by atoms with Crippen molar-refractivity contribution in [2.75, 3.05) is 26.6 Å². The number of H-pyrrole nitrogens is 1. The van der Waals surface area contributed by atoms with E-state index in [1.165, 1.54) is 5.56 Å². The van der Waals surface area contributed by atoms with Crippen LogP contribution < -0.4 is 19.5 Å². The van der Waals surface area contributed by atoms with Gasteiger partial charge in [-0.05, 0) is 35.9 Å². The zero-order valence-corrected chi connectivity index (χ0v) is 14.3. The van der Waals surface area contributed by atoms with Crippen LogP contribution in [0.5, 0.6) is 17.2 Å². The Morgan fingerprint density at radius 3 is 2.48 bits per heavy atom. The van der Waals surface area contributed by atoms with Crippen molar-refractivity contribution in [3.8, 4) is 28.5 Å². The van der Waals surface area contributed by atoms with Gasteiger partial charge in [-0.15, -0.1) is 0 Å². The molecule has 2 aromatic carbocycles. The van der Waals surface area contributed by atoms with Crippen molar-refractivity contribution >= 4 is 11.5 Å². The first-order valence-corrected chi connectivity index (χ1v) is 7.97. The highest BCUT2D eigenvalue weighted by molar-refractivity contribution is 5.81. The monoisotopic (exact) mass is 337 g/mol. The standard InChI is InChI=1S/C19H19N3O3/c1-23-12-4-6-14-11(8-12)9-15-18(14)21-22-19(15)20-16-10-13(24-2)5-7-17(16)25-3/h4-8,10H,9H2,1-3H3,(H2,20,21,22). The molecule has 128 valence electrons. The first-order chi connectivity index (χ1) is 12.2. The fraction of sp³-hybridized carbons (Fsp3) is 0.211. The maximum atomic E-state index is 5.43. The molecule has 4 rings (SSSR count). The second-order valence-electron chi connectivity index (χ2n) is 5.82. The number of hydrogen-bond acceptors (Lipinski definition) is 5. The third-order valence-corrected chi connectivity index (χ3v) is 4.48. The van der Waals surface area contributed by atoms with Gasteiger partial charge in [-0.25, -0.2) is 0 Å². The Hall–Kier alpha value is -3.15. The highest BCUT2D eigenvalue weighted by Crippen LogP contribution is 2.41. The molecule has 0 unspecified atom stereocenters. The molecule has 3 aromatic rings. The van der Waals surface area contributed by atoms with Crippen LogP contribution >= 0.6 is 0 Å². The number of hydrogen-bond donors (Lipinski definition) is 2. The second kappa shape index (κ2) is 6.05. The predicted octanol–water partition coefficient (Wildman–Crippen LogP) is 3.75.